The molecule has 4 aromatic rings. The quantitative estimate of drug-likeness (QED) is 0.0518. The van der Waals surface area contributed by atoms with E-state index in [0.29, 0.717) is 0 Å². The monoisotopic (exact) mass is 675 g/mol. The Labute approximate surface area is 306 Å². The molecule has 0 amide bonds. The van der Waals surface area contributed by atoms with Gasteiger partial charge in [-0.15, -0.1) is 0 Å². The lowest BCUT2D eigenvalue weighted by Gasteiger charge is -2.10. The molecule has 0 bridgehead atoms. The van der Waals surface area contributed by atoms with Gasteiger partial charge in [0.1, 0.15) is 0 Å². The Morgan fingerprint density at radius 1 is 0.360 bits per heavy atom. The molecule has 0 saturated carbocycles. The van der Waals surface area contributed by atoms with Gasteiger partial charge in [0.2, 0.25) is 0 Å². The van der Waals surface area contributed by atoms with E-state index in [1.807, 2.05) is 0 Å². The van der Waals surface area contributed by atoms with Crippen molar-refractivity contribution < 1.29 is 0 Å². The van der Waals surface area contributed by atoms with E-state index in [-0.39, 0.29) is 0 Å². The van der Waals surface area contributed by atoms with Crippen LogP contribution < -0.4 is 0 Å². The summed E-state index contributed by atoms with van der Waals surface area (Å²) in [6.07, 6.45) is 36.2. The second-order valence-corrected chi connectivity index (χ2v) is 15.8. The predicted molar refractivity (Wildman–Crippen MR) is 220 cm³/mol. The molecule has 0 atom stereocenters. The second-order valence-electron chi connectivity index (χ2n) is 15.8. The predicted octanol–water partition coefficient (Wildman–Crippen LogP) is 15.5. The number of rotatable bonds is 27. The average molecular weight is 675 g/mol. The van der Waals surface area contributed by atoms with Crippen LogP contribution in [0, 0.1) is 0 Å². The number of nitrogens with zero attached hydrogens (tertiary/aromatic N) is 2. The van der Waals surface area contributed by atoms with Gasteiger partial charge in [0, 0.05) is 16.5 Å². The maximum Gasteiger partial charge on any atom is 0.0979 e. The van der Waals surface area contributed by atoms with Gasteiger partial charge in [0.25, 0.3) is 0 Å². The maximum absolute atomic E-state index is 5.41. The van der Waals surface area contributed by atoms with Crippen LogP contribution in [0.1, 0.15) is 192 Å². The Morgan fingerprint density at radius 3 is 1.18 bits per heavy atom. The van der Waals surface area contributed by atoms with E-state index in [1.165, 1.54) is 193 Å². The molecule has 5 rings (SSSR count). The minimum Gasteiger partial charge on any atom is -0.244 e. The number of aromatic nitrogens is 2. The minimum atomic E-state index is 1.04. The number of aryl methyl sites for hydroxylation is 3. The highest BCUT2D eigenvalue weighted by molar-refractivity contribution is 6.14. The fraction of sp³-hybridized carbons (Fsp3) is 0.625. The molecule has 0 spiro atoms. The highest BCUT2D eigenvalue weighted by Gasteiger charge is 2.26. The largest absolute Gasteiger partial charge is 0.244 e. The van der Waals surface area contributed by atoms with Gasteiger partial charge in [0.05, 0.1) is 22.4 Å². The first-order chi connectivity index (χ1) is 24.7. The molecule has 1 aromatic heterocycles. The molecule has 2 nitrogen and oxygen atoms in total. The van der Waals surface area contributed by atoms with Crippen molar-refractivity contribution in [2.75, 3.05) is 0 Å². The number of hydrogen-bond acceptors (Lipinski definition) is 2. The molecular formula is C48H70N2. The van der Waals surface area contributed by atoms with Crippen LogP contribution in [0.25, 0.3) is 44.3 Å². The first kappa shape index (κ1) is 38.5. The third kappa shape index (κ3) is 11.4. The van der Waals surface area contributed by atoms with Gasteiger partial charge in [-0.05, 0) is 84.9 Å². The summed E-state index contributed by atoms with van der Waals surface area (Å²) in [5, 5.41) is 2.79. The zero-order chi connectivity index (χ0) is 34.8. The van der Waals surface area contributed by atoms with Gasteiger partial charge in [0.15, 0.2) is 0 Å². The van der Waals surface area contributed by atoms with E-state index in [0.717, 1.165) is 41.7 Å². The topological polar surface area (TPSA) is 25.8 Å². The van der Waals surface area contributed by atoms with Crippen LogP contribution in [-0.4, -0.2) is 9.97 Å². The van der Waals surface area contributed by atoms with Crippen molar-refractivity contribution in [1.82, 2.24) is 9.97 Å². The zero-order valence-corrected chi connectivity index (χ0v) is 32.5. The van der Waals surface area contributed by atoms with Gasteiger partial charge in [-0.25, -0.2) is 9.97 Å². The van der Waals surface area contributed by atoms with Crippen molar-refractivity contribution in [2.24, 2.45) is 0 Å². The first-order valence-electron chi connectivity index (χ1n) is 21.6. The van der Waals surface area contributed by atoms with E-state index >= 15 is 0 Å². The molecule has 1 heterocycles. The van der Waals surface area contributed by atoms with Gasteiger partial charge in [-0.1, -0.05) is 174 Å². The number of unbranched alkanes of at least 4 members (excludes halogenated alkanes) is 21. The lowest BCUT2D eigenvalue weighted by molar-refractivity contribution is 0.575. The summed E-state index contributed by atoms with van der Waals surface area (Å²) in [5.74, 6) is 0. The highest BCUT2D eigenvalue weighted by Crippen LogP contribution is 2.47. The van der Waals surface area contributed by atoms with Crippen LogP contribution in [0.4, 0.5) is 0 Å². The molecule has 272 valence electrons. The van der Waals surface area contributed by atoms with Crippen molar-refractivity contribution in [3.63, 3.8) is 0 Å². The van der Waals surface area contributed by atoms with Gasteiger partial charge in [-0.2, -0.15) is 0 Å². The van der Waals surface area contributed by atoms with Crippen LogP contribution in [0.15, 0.2) is 42.5 Å². The molecule has 0 N–H and O–H groups in total. The molecule has 0 radical (unpaired) electrons. The molecule has 0 fully saturated rings. The van der Waals surface area contributed by atoms with Crippen LogP contribution in [0.2, 0.25) is 0 Å². The Kier molecular flexibility index (Phi) is 16.6. The molecule has 0 saturated heterocycles. The van der Waals surface area contributed by atoms with Gasteiger partial charge >= 0.3 is 0 Å². The lowest BCUT2D eigenvalue weighted by atomic mass is 9.94. The van der Waals surface area contributed by atoms with E-state index in [2.05, 4.69) is 63.2 Å². The van der Waals surface area contributed by atoms with Crippen molar-refractivity contribution in [1.29, 1.82) is 0 Å². The third-order valence-corrected chi connectivity index (χ3v) is 11.4. The maximum atomic E-state index is 5.41. The SMILES string of the molecule is CCCCCCCCCCc1cc2c3c(cc(CCCCCCCCCC)cc3c1)-c1nc3cc(CCCCCCCCCC)ccc3nc1-2. The van der Waals surface area contributed by atoms with Crippen LogP contribution >= 0.6 is 0 Å². The summed E-state index contributed by atoms with van der Waals surface area (Å²) >= 11 is 0. The third-order valence-electron chi connectivity index (χ3n) is 11.4. The fourth-order valence-corrected chi connectivity index (χ4v) is 8.32. The van der Waals surface area contributed by atoms with Crippen LogP contribution in [0.3, 0.4) is 0 Å². The summed E-state index contributed by atoms with van der Waals surface area (Å²) < 4.78 is 0. The Balaban J connectivity index is 1.30. The van der Waals surface area contributed by atoms with E-state index < -0.39 is 0 Å². The smallest absolute Gasteiger partial charge is 0.0979 e. The summed E-state index contributed by atoms with van der Waals surface area (Å²) in [6, 6.07) is 16.8. The highest BCUT2D eigenvalue weighted by atomic mass is 14.8. The van der Waals surface area contributed by atoms with Crippen molar-refractivity contribution in [3.8, 4) is 22.5 Å². The Morgan fingerprint density at radius 2 is 0.740 bits per heavy atom. The second kappa shape index (κ2) is 21.6. The normalized spacial score (nSPS) is 12.1. The molecule has 1 aliphatic carbocycles. The molecule has 50 heavy (non-hydrogen) atoms. The molecule has 1 aliphatic rings. The Hall–Kier alpha value is -2.74. The van der Waals surface area contributed by atoms with Crippen molar-refractivity contribution in [2.45, 2.75) is 194 Å². The summed E-state index contributed by atoms with van der Waals surface area (Å²) in [4.78, 5) is 10.8. The van der Waals surface area contributed by atoms with Crippen molar-refractivity contribution in [3.05, 3.63) is 59.2 Å². The molecule has 0 unspecified atom stereocenters. The van der Waals surface area contributed by atoms with Crippen molar-refractivity contribution >= 4 is 21.8 Å². The summed E-state index contributed by atoms with van der Waals surface area (Å²) in [7, 11) is 0. The van der Waals surface area contributed by atoms with E-state index in [9.17, 15) is 0 Å². The zero-order valence-electron chi connectivity index (χ0n) is 32.5. The fourth-order valence-electron chi connectivity index (χ4n) is 8.32. The van der Waals surface area contributed by atoms with Gasteiger partial charge in [-0.3, -0.25) is 0 Å². The standard InChI is InChI=1S/C48H70N2/c1-4-7-10-13-16-19-22-25-28-38-31-32-44-45(37-38)50-48-43-36-40(30-27-24-21-18-15-12-9-6-3)34-41-33-39(35-42(46(41)43)47(48)49-44)29-26-23-20-17-14-11-8-5-2/h31-37H,4-30H2,1-3H3. The van der Waals surface area contributed by atoms with E-state index in [4.69, 9.17) is 9.97 Å². The molecule has 2 heteroatoms. The molecule has 3 aromatic carbocycles. The summed E-state index contributed by atoms with van der Waals surface area (Å²) in [6.45, 7) is 6.91. The van der Waals surface area contributed by atoms with Crippen LogP contribution in [0.5, 0.6) is 0 Å². The number of benzene rings is 3. The molecular weight excluding hydrogens is 605 g/mol. The Bertz CT molecular complexity index is 1580. The van der Waals surface area contributed by atoms with E-state index in [1.54, 1.807) is 0 Å². The average Bonchev–Trinajstić information content (AvgIpc) is 3.43. The molecule has 0 aliphatic heterocycles. The number of hydrogen-bond donors (Lipinski definition) is 0. The summed E-state index contributed by atoms with van der Waals surface area (Å²) in [5.41, 5.74) is 11.3. The number of fused-ring (bicyclic) bond motifs is 4. The minimum absolute atomic E-state index is 1.04. The van der Waals surface area contributed by atoms with Gasteiger partial charge < -0.3 is 0 Å². The van der Waals surface area contributed by atoms with Crippen LogP contribution in [-0.2, 0) is 19.3 Å². The first-order valence-corrected chi connectivity index (χ1v) is 21.6. The lowest BCUT2D eigenvalue weighted by Crippen LogP contribution is -1.94.